The first-order valence-corrected chi connectivity index (χ1v) is 8.26. The second kappa shape index (κ2) is 7.34. The van der Waals surface area contributed by atoms with Gasteiger partial charge in [-0.3, -0.25) is 15.6 Å². The van der Waals surface area contributed by atoms with Crippen LogP contribution in [0.4, 0.5) is 10.1 Å². The third-order valence-electron chi connectivity index (χ3n) is 4.14. The Morgan fingerprint density at radius 2 is 2.04 bits per heavy atom. The SMILES string of the molecule is CCCCC1OC(=O)c2cc(C(=O)NNc3ccccc3F)ccc21. The van der Waals surface area contributed by atoms with Crippen LogP contribution in [-0.2, 0) is 4.74 Å². The molecule has 2 aromatic rings. The van der Waals surface area contributed by atoms with Crippen LogP contribution in [0.3, 0.4) is 0 Å². The van der Waals surface area contributed by atoms with Crippen LogP contribution in [-0.4, -0.2) is 11.9 Å². The zero-order valence-electron chi connectivity index (χ0n) is 13.8. The minimum absolute atomic E-state index is 0.163. The van der Waals surface area contributed by atoms with Crippen LogP contribution in [0, 0.1) is 5.82 Å². The van der Waals surface area contributed by atoms with Gasteiger partial charge in [0.1, 0.15) is 11.9 Å². The normalized spacial score (nSPS) is 15.4. The van der Waals surface area contributed by atoms with Crippen LogP contribution in [0.15, 0.2) is 42.5 Å². The summed E-state index contributed by atoms with van der Waals surface area (Å²) < 4.78 is 18.9. The van der Waals surface area contributed by atoms with Gasteiger partial charge in [0, 0.05) is 11.1 Å². The average molecular weight is 342 g/mol. The number of ether oxygens (including phenoxy) is 1. The molecule has 0 fully saturated rings. The predicted molar refractivity (Wildman–Crippen MR) is 91.6 cm³/mol. The van der Waals surface area contributed by atoms with Gasteiger partial charge in [-0.2, -0.15) is 0 Å². The monoisotopic (exact) mass is 342 g/mol. The first-order chi connectivity index (χ1) is 12.1. The number of halogens is 1. The Balaban J connectivity index is 1.71. The number of hydrogen-bond donors (Lipinski definition) is 2. The van der Waals surface area contributed by atoms with Gasteiger partial charge in [-0.05, 0) is 37.1 Å². The summed E-state index contributed by atoms with van der Waals surface area (Å²) in [6.45, 7) is 2.08. The van der Waals surface area contributed by atoms with E-state index in [1.54, 1.807) is 24.3 Å². The lowest BCUT2D eigenvalue weighted by Crippen LogP contribution is -2.29. The van der Waals surface area contributed by atoms with E-state index < -0.39 is 17.7 Å². The molecule has 1 heterocycles. The van der Waals surface area contributed by atoms with Crippen LogP contribution in [0.25, 0.3) is 0 Å². The Morgan fingerprint density at radius 3 is 2.80 bits per heavy atom. The summed E-state index contributed by atoms with van der Waals surface area (Å²) in [6.07, 6.45) is 2.52. The van der Waals surface area contributed by atoms with Crippen LogP contribution in [0.1, 0.15) is 58.6 Å². The van der Waals surface area contributed by atoms with Crippen molar-refractivity contribution in [2.75, 3.05) is 5.43 Å². The van der Waals surface area contributed by atoms with E-state index in [0.717, 1.165) is 24.8 Å². The highest BCUT2D eigenvalue weighted by molar-refractivity contribution is 6.00. The summed E-state index contributed by atoms with van der Waals surface area (Å²) in [5, 5.41) is 0. The molecule has 5 nitrogen and oxygen atoms in total. The molecule has 0 aromatic heterocycles. The molecule has 0 radical (unpaired) electrons. The second-order valence-corrected chi connectivity index (χ2v) is 5.90. The summed E-state index contributed by atoms with van der Waals surface area (Å²) >= 11 is 0. The molecular formula is C19H19FN2O3. The summed E-state index contributed by atoms with van der Waals surface area (Å²) in [5.41, 5.74) is 6.66. The zero-order chi connectivity index (χ0) is 17.8. The largest absolute Gasteiger partial charge is 0.454 e. The standard InChI is InChI=1S/C19H19FN2O3/c1-2-3-8-17-13-10-9-12(11-14(13)19(24)25-17)18(23)22-21-16-7-5-4-6-15(16)20/h4-7,9-11,17,21H,2-3,8H2,1H3,(H,22,23). The van der Waals surface area contributed by atoms with Gasteiger partial charge in [0.25, 0.3) is 5.91 Å². The van der Waals surface area contributed by atoms with Crippen molar-refractivity contribution in [1.82, 2.24) is 5.43 Å². The first kappa shape index (κ1) is 17.0. The van der Waals surface area contributed by atoms with Crippen molar-refractivity contribution in [3.8, 4) is 0 Å². The quantitative estimate of drug-likeness (QED) is 0.615. The molecule has 0 saturated carbocycles. The molecule has 0 bridgehead atoms. The smallest absolute Gasteiger partial charge is 0.339 e. The molecule has 2 aromatic carbocycles. The first-order valence-electron chi connectivity index (χ1n) is 8.26. The van der Waals surface area contributed by atoms with Gasteiger partial charge in [0.05, 0.1) is 11.3 Å². The van der Waals surface area contributed by atoms with Gasteiger partial charge in [0.15, 0.2) is 0 Å². The van der Waals surface area contributed by atoms with E-state index in [2.05, 4.69) is 17.8 Å². The summed E-state index contributed by atoms with van der Waals surface area (Å²) in [5.74, 6) is -1.34. The van der Waals surface area contributed by atoms with Crippen molar-refractivity contribution in [3.05, 3.63) is 65.0 Å². The van der Waals surface area contributed by atoms with Crippen molar-refractivity contribution in [2.24, 2.45) is 0 Å². The van der Waals surface area contributed by atoms with Crippen LogP contribution in [0.2, 0.25) is 0 Å². The Labute approximate surface area is 145 Å². The average Bonchev–Trinajstić information content (AvgIpc) is 2.94. The van der Waals surface area contributed by atoms with E-state index in [4.69, 9.17) is 4.74 Å². The topological polar surface area (TPSA) is 67.4 Å². The third-order valence-corrected chi connectivity index (χ3v) is 4.14. The molecule has 6 heteroatoms. The van der Waals surface area contributed by atoms with E-state index in [1.807, 2.05) is 0 Å². The van der Waals surface area contributed by atoms with E-state index in [-0.39, 0.29) is 11.8 Å². The predicted octanol–water partition coefficient (Wildman–Crippen LogP) is 3.98. The number of hydrazine groups is 1. The number of rotatable bonds is 6. The maximum atomic E-state index is 13.5. The molecule has 2 N–H and O–H groups in total. The molecule has 1 aliphatic rings. The Bertz CT molecular complexity index is 807. The number of esters is 1. The fourth-order valence-electron chi connectivity index (χ4n) is 2.77. The Kier molecular flexibility index (Phi) is 4.97. The molecule has 25 heavy (non-hydrogen) atoms. The van der Waals surface area contributed by atoms with Crippen LogP contribution >= 0.6 is 0 Å². The lowest BCUT2D eigenvalue weighted by Gasteiger charge is -2.11. The van der Waals surface area contributed by atoms with Gasteiger partial charge >= 0.3 is 5.97 Å². The number of nitrogens with one attached hydrogen (secondary N) is 2. The fraction of sp³-hybridized carbons (Fsp3) is 0.263. The van der Waals surface area contributed by atoms with E-state index >= 15 is 0 Å². The van der Waals surface area contributed by atoms with Crippen molar-refractivity contribution in [3.63, 3.8) is 0 Å². The number of fused-ring (bicyclic) bond motifs is 1. The summed E-state index contributed by atoms with van der Waals surface area (Å²) in [6, 6.07) is 10.9. The minimum Gasteiger partial charge on any atom is -0.454 e. The number of hydrogen-bond acceptors (Lipinski definition) is 4. The molecule has 1 amide bonds. The number of benzene rings is 2. The van der Waals surface area contributed by atoms with Crippen molar-refractivity contribution in [2.45, 2.75) is 32.3 Å². The zero-order valence-corrected chi connectivity index (χ0v) is 13.8. The molecule has 1 aliphatic heterocycles. The van der Waals surface area contributed by atoms with Crippen molar-refractivity contribution in [1.29, 1.82) is 0 Å². The third kappa shape index (κ3) is 3.63. The molecule has 0 saturated heterocycles. The summed E-state index contributed by atoms with van der Waals surface area (Å²) in [7, 11) is 0. The number of carbonyl (C=O) groups excluding carboxylic acids is 2. The van der Waals surface area contributed by atoms with Gasteiger partial charge in [0.2, 0.25) is 0 Å². The molecule has 0 spiro atoms. The molecule has 3 rings (SSSR count). The number of unbranched alkanes of at least 4 members (excludes halogenated alkanes) is 1. The molecule has 1 atom stereocenters. The van der Waals surface area contributed by atoms with Gasteiger partial charge < -0.3 is 4.74 Å². The Morgan fingerprint density at radius 1 is 1.24 bits per heavy atom. The highest BCUT2D eigenvalue weighted by atomic mass is 19.1. The lowest BCUT2D eigenvalue weighted by atomic mass is 9.99. The number of carbonyl (C=O) groups is 2. The van der Waals surface area contributed by atoms with Crippen molar-refractivity contribution >= 4 is 17.6 Å². The summed E-state index contributed by atoms with van der Waals surface area (Å²) in [4.78, 5) is 24.3. The van der Waals surface area contributed by atoms with E-state index in [1.165, 1.54) is 18.2 Å². The molecular weight excluding hydrogens is 323 g/mol. The second-order valence-electron chi connectivity index (χ2n) is 5.90. The van der Waals surface area contributed by atoms with Gasteiger partial charge in [-0.1, -0.05) is 31.5 Å². The van der Waals surface area contributed by atoms with Crippen molar-refractivity contribution < 1.29 is 18.7 Å². The minimum atomic E-state index is -0.473. The molecule has 1 unspecified atom stereocenters. The Hall–Kier alpha value is -2.89. The van der Waals surface area contributed by atoms with E-state index in [0.29, 0.717) is 11.1 Å². The highest BCUT2D eigenvalue weighted by Crippen LogP contribution is 2.34. The number of amides is 1. The lowest BCUT2D eigenvalue weighted by molar-refractivity contribution is 0.0364. The molecule has 0 aliphatic carbocycles. The highest BCUT2D eigenvalue weighted by Gasteiger charge is 2.31. The van der Waals surface area contributed by atoms with Gasteiger partial charge in [-0.25, -0.2) is 9.18 Å². The maximum Gasteiger partial charge on any atom is 0.339 e. The molecule has 130 valence electrons. The number of para-hydroxylation sites is 1. The van der Waals surface area contributed by atoms with E-state index in [9.17, 15) is 14.0 Å². The maximum absolute atomic E-state index is 13.5. The van der Waals surface area contributed by atoms with Crippen LogP contribution < -0.4 is 10.9 Å². The number of anilines is 1. The van der Waals surface area contributed by atoms with Crippen LogP contribution in [0.5, 0.6) is 0 Å². The van der Waals surface area contributed by atoms with Gasteiger partial charge in [-0.15, -0.1) is 0 Å². The fourth-order valence-corrected chi connectivity index (χ4v) is 2.77. The number of cyclic esters (lactones) is 1.